The molecule has 1 saturated heterocycles. The van der Waals surface area contributed by atoms with E-state index in [4.69, 9.17) is 11.6 Å². The quantitative estimate of drug-likeness (QED) is 0.619. The number of likely N-dealkylation sites (tertiary alicyclic amines) is 1. The number of nitro groups is 1. The maximum atomic E-state index is 12.5. The monoisotopic (exact) mass is 296 g/mol. The largest absolute Gasteiger partial charge is 0.336 e. The Morgan fingerprint density at radius 2 is 2.15 bits per heavy atom. The first-order valence-corrected chi connectivity index (χ1v) is 7.03. The summed E-state index contributed by atoms with van der Waals surface area (Å²) < 4.78 is 0. The van der Waals surface area contributed by atoms with Gasteiger partial charge in [0.15, 0.2) is 0 Å². The molecule has 0 bridgehead atoms. The average molecular weight is 297 g/mol. The number of hydrogen-bond donors (Lipinski definition) is 0. The van der Waals surface area contributed by atoms with E-state index in [9.17, 15) is 14.9 Å². The van der Waals surface area contributed by atoms with Crippen LogP contribution in [0, 0.1) is 16.0 Å². The van der Waals surface area contributed by atoms with Crippen LogP contribution in [0.3, 0.4) is 0 Å². The molecular formula is C14H17ClN2O3. The number of carbonyl (C=O) groups is 1. The van der Waals surface area contributed by atoms with E-state index in [1.165, 1.54) is 18.2 Å². The standard InChI is InChI=1S/C14H17ClN2O3/c1-9-5-6-16(10(2)7-9)14(18)12-4-3-11(17(19)20)8-13(12)15/h3-4,8-10H,5-7H2,1-2H3. The molecule has 108 valence electrons. The fourth-order valence-electron chi connectivity index (χ4n) is 2.65. The molecule has 1 heterocycles. The Labute approximate surface area is 122 Å². The van der Waals surface area contributed by atoms with Crippen molar-refractivity contribution in [2.75, 3.05) is 6.54 Å². The summed E-state index contributed by atoms with van der Waals surface area (Å²) in [6, 6.07) is 4.15. The van der Waals surface area contributed by atoms with Crippen LogP contribution < -0.4 is 0 Å². The van der Waals surface area contributed by atoms with E-state index in [0.717, 1.165) is 12.8 Å². The Hall–Kier alpha value is -1.62. The number of nitrogens with zero attached hydrogens (tertiary/aromatic N) is 2. The third kappa shape index (κ3) is 2.93. The van der Waals surface area contributed by atoms with Gasteiger partial charge in [0, 0.05) is 24.7 Å². The molecule has 20 heavy (non-hydrogen) atoms. The lowest BCUT2D eigenvalue weighted by Crippen LogP contribution is -2.44. The number of carbonyl (C=O) groups excluding carboxylic acids is 1. The van der Waals surface area contributed by atoms with E-state index in [1.807, 2.05) is 6.92 Å². The molecule has 1 aromatic carbocycles. The molecule has 1 amide bonds. The van der Waals surface area contributed by atoms with Crippen LogP contribution in [0.1, 0.15) is 37.0 Å². The predicted octanol–water partition coefficient (Wildman–Crippen LogP) is 3.51. The summed E-state index contributed by atoms with van der Waals surface area (Å²) >= 11 is 6.01. The van der Waals surface area contributed by atoms with Gasteiger partial charge in [-0.3, -0.25) is 14.9 Å². The third-order valence-corrected chi connectivity index (χ3v) is 4.11. The number of nitro benzene ring substituents is 1. The number of amides is 1. The van der Waals surface area contributed by atoms with Gasteiger partial charge in [-0.15, -0.1) is 0 Å². The Morgan fingerprint density at radius 3 is 2.70 bits per heavy atom. The first-order chi connectivity index (χ1) is 9.40. The van der Waals surface area contributed by atoms with Crippen molar-refractivity contribution in [1.29, 1.82) is 0 Å². The molecule has 0 saturated carbocycles. The van der Waals surface area contributed by atoms with Crippen molar-refractivity contribution in [2.24, 2.45) is 5.92 Å². The van der Waals surface area contributed by atoms with Crippen LogP contribution in [0.4, 0.5) is 5.69 Å². The zero-order valence-electron chi connectivity index (χ0n) is 11.5. The minimum atomic E-state index is -0.522. The Bertz CT molecular complexity index is 547. The predicted molar refractivity (Wildman–Crippen MR) is 77.0 cm³/mol. The number of halogens is 1. The molecule has 1 aromatic rings. The molecule has 0 radical (unpaired) electrons. The van der Waals surface area contributed by atoms with Crippen molar-refractivity contribution in [3.05, 3.63) is 38.9 Å². The smallest absolute Gasteiger partial charge is 0.270 e. The normalized spacial score (nSPS) is 22.6. The number of piperidine rings is 1. The van der Waals surface area contributed by atoms with Crippen LogP contribution >= 0.6 is 11.6 Å². The topological polar surface area (TPSA) is 63.5 Å². The molecule has 1 aliphatic heterocycles. The van der Waals surface area contributed by atoms with Crippen molar-refractivity contribution < 1.29 is 9.72 Å². The highest BCUT2D eigenvalue weighted by atomic mass is 35.5. The second-order valence-corrected chi connectivity index (χ2v) is 5.81. The molecule has 0 spiro atoms. The van der Waals surface area contributed by atoms with Gasteiger partial charge in [-0.2, -0.15) is 0 Å². The van der Waals surface area contributed by atoms with Gasteiger partial charge >= 0.3 is 0 Å². The number of benzene rings is 1. The highest BCUT2D eigenvalue weighted by molar-refractivity contribution is 6.34. The molecule has 2 rings (SSSR count). The molecular weight excluding hydrogens is 280 g/mol. The van der Waals surface area contributed by atoms with Crippen molar-refractivity contribution in [3.8, 4) is 0 Å². The third-order valence-electron chi connectivity index (χ3n) is 3.79. The Morgan fingerprint density at radius 1 is 1.45 bits per heavy atom. The lowest BCUT2D eigenvalue weighted by atomic mass is 9.93. The first-order valence-electron chi connectivity index (χ1n) is 6.65. The molecule has 2 atom stereocenters. The van der Waals surface area contributed by atoms with Gasteiger partial charge in [0.25, 0.3) is 11.6 Å². The van der Waals surface area contributed by atoms with Gasteiger partial charge in [0.2, 0.25) is 0 Å². The molecule has 0 aliphatic carbocycles. The second kappa shape index (κ2) is 5.79. The fourth-order valence-corrected chi connectivity index (χ4v) is 2.91. The van der Waals surface area contributed by atoms with Crippen LogP contribution in [0.15, 0.2) is 18.2 Å². The summed E-state index contributed by atoms with van der Waals surface area (Å²) in [5, 5.41) is 10.8. The molecule has 6 heteroatoms. The summed E-state index contributed by atoms with van der Waals surface area (Å²) in [4.78, 5) is 24.4. The van der Waals surface area contributed by atoms with E-state index in [0.29, 0.717) is 18.0 Å². The van der Waals surface area contributed by atoms with Crippen molar-refractivity contribution >= 4 is 23.2 Å². The molecule has 0 aromatic heterocycles. The zero-order valence-corrected chi connectivity index (χ0v) is 12.3. The van der Waals surface area contributed by atoms with Crippen LogP contribution in [0.25, 0.3) is 0 Å². The van der Waals surface area contributed by atoms with Gasteiger partial charge in [-0.05, 0) is 31.7 Å². The summed E-state index contributed by atoms with van der Waals surface area (Å²) in [6.45, 7) is 4.90. The number of hydrogen-bond acceptors (Lipinski definition) is 3. The molecule has 1 aliphatic rings. The van der Waals surface area contributed by atoms with Crippen LogP contribution in [0.5, 0.6) is 0 Å². The number of non-ortho nitro benzene ring substituents is 1. The summed E-state index contributed by atoms with van der Waals surface area (Å²) in [5.41, 5.74) is 0.227. The van der Waals surface area contributed by atoms with E-state index >= 15 is 0 Å². The second-order valence-electron chi connectivity index (χ2n) is 5.40. The zero-order chi connectivity index (χ0) is 14.9. The van der Waals surface area contributed by atoms with Crippen molar-refractivity contribution in [3.63, 3.8) is 0 Å². The summed E-state index contributed by atoms with van der Waals surface area (Å²) in [5.74, 6) is 0.464. The lowest BCUT2D eigenvalue weighted by Gasteiger charge is -2.36. The highest BCUT2D eigenvalue weighted by Gasteiger charge is 2.28. The molecule has 2 unspecified atom stereocenters. The maximum absolute atomic E-state index is 12.5. The van der Waals surface area contributed by atoms with Crippen LogP contribution in [-0.2, 0) is 0 Å². The maximum Gasteiger partial charge on any atom is 0.270 e. The van der Waals surface area contributed by atoms with Gasteiger partial charge < -0.3 is 4.90 Å². The summed E-state index contributed by atoms with van der Waals surface area (Å²) in [7, 11) is 0. The average Bonchev–Trinajstić information content (AvgIpc) is 2.37. The summed E-state index contributed by atoms with van der Waals surface area (Å²) in [6.07, 6.45) is 1.94. The van der Waals surface area contributed by atoms with E-state index < -0.39 is 4.92 Å². The minimum absolute atomic E-state index is 0.105. The van der Waals surface area contributed by atoms with Gasteiger partial charge in [0.1, 0.15) is 0 Å². The van der Waals surface area contributed by atoms with Crippen molar-refractivity contribution in [2.45, 2.75) is 32.7 Å². The molecule has 5 nitrogen and oxygen atoms in total. The molecule has 0 N–H and O–H groups in total. The Balaban J connectivity index is 2.23. The van der Waals surface area contributed by atoms with Crippen LogP contribution in [0.2, 0.25) is 5.02 Å². The van der Waals surface area contributed by atoms with Gasteiger partial charge in [0.05, 0.1) is 15.5 Å². The fraction of sp³-hybridized carbons (Fsp3) is 0.500. The van der Waals surface area contributed by atoms with Gasteiger partial charge in [-0.1, -0.05) is 18.5 Å². The lowest BCUT2D eigenvalue weighted by molar-refractivity contribution is -0.384. The Kier molecular flexibility index (Phi) is 4.28. The number of rotatable bonds is 2. The van der Waals surface area contributed by atoms with E-state index in [-0.39, 0.29) is 22.7 Å². The first kappa shape index (κ1) is 14.8. The minimum Gasteiger partial charge on any atom is -0.336 e. The van der Waals surface area contributed by atoms with E-state index in [1.54, 1.807) is 4.90 Å². The highest BCUT2D eigenvalue weighted by Crippen LogP contribution is 2.28. The molecule has 1 fully saturated rings. The SMILES string of the molecule is CC1CCN(C(=O)c2ccc([N+](=O)[O-])cc2Cl)C(C)C1. The van der Waals surface area contributed by atoms with Crippen molar-refractivity contribution in [1.82, 2.24) is 4.90 Å². The van der Waals surface area contributed by atoms with E-state index in [2.05, 4.69) is 6.92 Å². The van der Waals surface area contributed by atoms with Gasteiger partial charge in [-0.25, -0.2) is 0 Å². The van der Waals surface area contributed by atoms with Crippen LogP contribution in [-0.4, -0.2) is 28.3 Å².